The first-order valence-electron chi connectivity index (χ1n) is 10.6. The van der Waals surface area contributed by atoms with Gasteiger partial charge in [-0.05, 0) is 55.1 Å². The van der Waals surface area contributed by atoms with Crippen molar-refractivity contribution in [2.75, 3.05) is 17.6 Å². The summed E-state index contributed by atoms with van der Waals surface area (Å²) < 4.78 is 31.1. The van der Waals surface area contributed by atoms with E-state index in [2.05, 4.69) is 15.3 Å². The number of benzene rings is 2. The van der Waals surface area contributed by atoms with Gasteiger partial charge in [0, 0.05) is 30.5 Å². The molecule has 0 bridgehead atoms. The molecule has 0 aromatic heterocycles. The fourth-order valence-electron chi connectivity index (χ4n) is 3.17. The first-order valence-corrected chi connectivity index (χ1v) is 12.2. The maximum absolute atomic E-state index is 12.9. The number of amides is 1. The van der Waals surface area contributed by atoms with Gasteiger partial charge in [-0.15, -0.1) is 0 Å². The molecule has 0 saturated carbocycles. The lowest BCUT2D eigenvalue weighted by Gasteiger charge is -2.19. The van der Waals surface area contributed by atoms with Gasteiger partial charge in [0.25, 0.3) is 0 Å². The van der Waals surface area contributed by atoms with E-state index >= 15 is 0 Å². The second-order valence-electron chi connectivity index (χ2n) is 7.63. The molecule has 0 fully saturated rings. The minimum atomic E-state index is -3.72. The average molecular weight is 473 g/mol. The van der Waals surface area contributed by atoms with Gasteiger partial charge in [-0.3, -0.25) is 9.59 Å². The van der Waals surface area contributed by atoms with Crippen molar-refractivity contribution in [1.82, 2.24) is 0 Å². The summed E-state index contributed by atoms with van der Waals surface area (Å²) in [4.78, 5) is 26.7. The van der Waals surface area contributed by atoms with E-state index in [9.17, 15) is 18.0 Å². The van der Waals surface area contributed by atoms with Gasteiger partial charge in [-0.2, -0.15) is 0 Å². The van der Waals surface area contributed by atoms with Crippen LogP contribution < -0.4 is 5.32 Å². The van der Waals surface area contributed by atoms with E-state index in [-0.39, 0.29) is 10.8 Å². The predicted octanol–water partition coefficient (Wildman–Crippen LogP) is 4.88. The Kier molecular flexibility index (Phi) is 9.90. The van der Waals surface area contributed by atoms with Crippen LogP contribution in [-0.2, 0) is 24.2 Å². The highest BCUT2D eigenvalue weighted by Crippen LogP contribution is 2.26. The van der Waals surface area contributed by atoms with Crippen LogP contribution in [0.2, 0.25) is 0 Å². The van der Waals surface area contributed by atoms with Crippen LogP contribution in [0.15, 0.2) is 58.5 Å². The van der Waals surface area contributed by atoms with E-state index in [1.165, 1.54) is 19.1 Å². The Morgan fingerprint density at radius 3 is 2.52 bits per heavy atom. The molecule has 1 atom stereocenters. The summed E-state index contributed by atoms with van der Waals surface area (Å²) in [7, 11) is -3.72. The number of sulfone groups is 1. The number of carbonyl (C=O) groups excluding carboxylic acids is 2. The van der Waals surface area contributed by atoms with Crippen molar-refractivity contribution in [1.29, 1.82) is 0 Å². The van der Waals surface area contributed by atoms with Crippen molar-refractivity contribution in [3.05, 3.63) is 70.1 Å². The predicted molar refractivity (Wildman–Crippen MR) is 125 cm³/mol. The zero-order valence-corrected chi connectivity index (χ0v) is 19.5. The number of esters is 1. The fourth-order valence-corrected chi connectivity index (χ4v) is 4.57. The fraction of sp³-hybridized carbons (Fsp3) is 0.391. The number of anilines is 1. The number of azide groups is 1. The number of ether oxygens (including phenoxy) is 1. The second kappa shape index (κ2) is 12.6. The molecule has 2 rings (SSSR count). The van der Waals surface area contributed by atoms with Gasteiger partial charge >= 0.3 is 5.97 Å². The van der Waals surface area contributed by atoms with Gasteiger partial charge in [0.15, 0.2) is 9.84 Å². The SMILES string of the molecule is CC(=O)OC(CS(=O)(=O)c1ccc(C)cc1)c1cccc(NC(=O)CCCCCN=[N+]=[N-])c1. The highest BCUT2D eigenvalue weighted by Gasteiger charge is 2.25. The van der Waals surface area contributed by atoms with Gasteiger partial charge in [0.05, 0.1) is 10.6 Å². The molecular weight excluding hydrogens is 444 g/mol. The molecule has 0 aliphatic heterocycles. The number of rotatable bonds is 12. The molecule has 0 radical (unpaired) electrons. The summed E-state index contributed by atoms with van der Waals surface area (Å²) in [6, 6.07) is 13.1. The molecule has 10 heteroatoms. The second-order valence-corrected chi connectivity index (χ2v) is 9.67. The molecule has 0 aliphatic carbocycles. The van der Waals surface area contributed by atoms with E-state index in [0.717, 1.165) is 12.0 Å². The van der Waals surface area contributed by atoms with Crippen molar-refractivity contribution in [2.24, 2.45) is 5.11 Å². The minimum Gasteiger partial charge on any atom is -0.457 e. The van der Waals surface area contributed by atoms with E-state index in [1.807, 2.05) is 6.92 Å². The van der Waals surface area contributed by atoms with Gasteiger partial charge in [0.1, 0.15) is 6.10 Å². The summed E-state index contributed by atoms with van der Waals surface area (Å²) >= 11 is 0. The molecule has 33 heavy (non-hydrogen) atoms. The maximum Gasteiger partial charge on any atom is 0.303 e. The monoisotopic (exact) mass is 472 g/mol. The number of aryl methyl sites for hydroxylation is 1. The van der Waals surface area contributed by atoms with Crippen LogP contribution in [0, 0.1) is 6.92 Å². The number of hydrogen-bond donors (Lipinski definition) is 1. The maximum atomic E-state index is 12.9. The summed E-state index contributed by atoms with van der Waals surface area (Å²) in [6.07, 6.45) is 1.41. The standard InChI is InChI=1S/C23H28N4O5S/c1-17-10-12-21(13-11-17)33(30,31)16-22(32-18(2)28)19-7-6-8-20(15-19)26-23(29)9-4-3-5-14-25-27-24/h6-8,10-13,15,22H,3-5,9,14,16H2,1-2H3,(H,26,29). The molecule has 176 valence electrons. The van der Waals surface area contributed by atoms with E-state index in [4.69, 9.17) is 10.3 Å². The number of unbranched alkanes of at least 4 members (excludes halogenated alkanes) is 2. The topological polar surface area (TPSA) is 138 Å². The zero-order valence-electron chi connectivity index (χ0n) is 18.7. The third-order valence-electron chi connectivity index (χ3n) is 4.83. The van der Waals surface area contributed by atoms with E-state index in [1.54, 1.807) is 36.4 Å². The molecule has 1 N–H and O–H groups in total. The Labute approximate surface area is 193 Å². The number of hydrogen-bond acceptors (Lipinski definition) is 6. The molecular formula is C23H28N4O5S. The van der Waals surface area contributed by atoms with Crippen LogP contribution in [0.3, 0.4) is 0 Å². The summed E-state index contributed by atoms with van der Waals surface area (Å²) in [5.41, 5.74) is 10.1. The average Bonchev–Trinajstić information content (AvgIpc) is 2.76. The quantitative estimate of drug-likeness (QED) is 0.154. The lowest BCUT2D eigenvalue weighted by Crippen LogP contribution is -2.20. The molecule has 1 unspecified atom stereocenters. The number of carbonyl (C=O) groups is 2. The molecule has 0 spiro atoms. The molecule has 0 heterocycles. The number of nitrogens with zero attached hydrogens (tertiary/aromatic N) is 3. The van der Waals surface area contributed by atoms with Gasteiger partial charge < -0.3 is 10.1 Å². The zero-order chi connectivity index (χ0) is 24.3. The summed E-state index contributed by atoms with van der Waals surface area (Å²) in [5, 5.41) is 6.24. The minimum absolute atomic E-state index is 0.148. The largest absolute Gasteiger partial charge is 0.457 e. The third kappa shape index (κ3) is 8.96. The Hall–Kier alpha value is -3.36. The molecule has 2 aromatic rings. The van der Waals surface area contributed by atoms with Crippen molar-refractivity contribution < 1.29 is 22.7 Å². The molecule has 0 aliphatic rings. The van der Waals surface area contributed by atoms with Gasteiger partial charge in [-0.25, -0.2) is 8.42 Å². The van der Waals surface area contributed by atoms with Crippen LogP contribution >= 0.6 is 0 Å². The highest BCUT2D eigenvalue weighted by atomic mass is 32.2. The first-order chi connectivity index (χ1) is 15.7. The smallest absolute Gasteiger partial charge is 0.303 e. The molecule has 2 aromatic carbocycles. The van der Waals surface area contributed by atoms with Crippen LogP contribution in [0.1, 0.15) is 49.8 Å². The highest BCUT2D eigenvalue weighted by molar-refractivity contribution is 7.91. The van der Waals surface area contributed by atoms with Crippen molar-refractivity contribution in [3.63, 3.8) is 0 Å². The molecule has 0 saturated heterocycles. The van der Waals surface area contributed by atoms with Crippen molar-refractivity contribution in [2.45, 2.75) is 50.5 Å². The lowest BCUT2D eigenvalue weighted by atomic mass is 10.1. The van der Waals surface area contributed by atoms with Gasteiger partial charge in [0.2, 0.25) is 5.91 Å². The third-order valence-corrected chi connectivity index (χ3v) is 6.56. The molecule has 9 nitrogen and oxygen atoms in total. The summed E-state index contributed by atoms with van der Waals surface area (Å²) in [5.74, 6) is -1.21. The molecule has 1 amide bonds. The van der Waals surface area contributed by atoms with Gasteiger partial charge in [-0.1, -0.05) is 41.4 Å². The number of nitrogens with one attached hydrogen (secondary N) is 1. The van der Waals surface area contributed by atoms with Crippen LogP contribution in [0.25, 0.3) is 10.4 Å². The van der Waals surface area contributed by atoms with Crippen LogP contribution in [-0.4, -0.2) is 32.6 Å². The Morgan fingerprint density at radius 1 is 1.12 bits per heavy atom. The Bertz CT molecular complexity index is 1110. The van der Waals surface area contributed by atoms with E-state index < -0.39 is 27.7 Å². The lowest BCUT2D eigenvalue weighted by molar-refractivity contribution is -0.145. The summed E-state index contributed by atoms with van der Waals surface area (Å²) in [6.45, 7) is 3.49. The first kappa shape index (κ1) is 25.9. The Morgan fingerprint density at radius 2 is 1.85 bits per heavy atom. The van der Waals surface area contributed by atoms with E-state index in [0.29, 0.717) is 37.1 Å². The Balaban J connectivity index is 2.09. The normalized spacial score (nSPS) is 11.8. The van der Waals surface area contributed by atoms with Crippen LogP contribution in [0.4, 0.5) is 5.69 Å². The van der Waals surface area contributed by atoms with Crippen molar-refractivity contribution >= 4 is 27.4 Å². The van der Waals surface area contributed by atoms with Crippen LogP contribution in [0.5, 0.6) is 0 Å². The van der Waals surface area contributed by atoms with Crippen molar-refractivity contribution in [3.8, 4) is 0 Å².